The molecule has 240 valence electrons. The highest BCUT2D eigenvalue weighted by molar-refractivity contribution is 6.00. The summed E-state index contributed by atoms with van der Waals surface area (Å²) in [4.78, 5) is 9.90. The van der Waals surface area contributed by atoms with Crippen LogP contribution in [0.5, 0.6) is 17.2 Å². The fraction of sp³-hybridized carbons (Fsp3) is 0.0213. The molecular weight excluding hydrogens is 625 g/mol. The summed E-state index contributed by atoms with van der Waals surface area (Å²) in [6.45, 7) is 0. The lowest BCUT2D eigenvalue weighted by Crippen LogP contribution is -2.25. The van der Waals surface area contributed by atoms with Crippen LogP contribution in [-0.2, 0) is 5.41 Å². The van der Waals surface area contributed by atoms with Crippen LogP contribution in [0, 0.1) is 0 Å². The van der Waals surface area contributed by atoms with Gasteiger partial charge < -0.3 is 9.84 Å². The molecule has 51 heavy (non-hydrogen) atoms. The molecule has 1 aromatic heterocycles. The maximum atomic E-state index is 12.2. The SMILES string of the molecule is Oc1c(-c2cccc(C=Nc3cccc4cccc(Oc5ccccc5)c34)n2)ccc2c1-c1ccccc1C21c2ccccc2-c2ccccc21. The Morgan fingerprint density at radius 3 is 1.90 bits per heavy atom. The summed E-state index contributed by atoms with van der Waals surface area (Å²) in [5, 5.41) is 14.2. The lowest BCUT2D eigenvalue weighted by atomic mass is 9.70. The Morgan fingerprint density at radius 2 is 1.16 bits per heavy atom. The number of fused-ring (bicyclic) bond motifs is 11. The van der Waals surface area contributed by atoms with Gasteiger partial charge in [-0.25, -0.2) is 4.98 Å². The minimum Gasteiger partial charge on any atom is -0.507 e. The summed E-state index contributed by atoms with van der Waals surface area (Å²) >= 11 is 0. The van der Waals surface area contributed by atoms with Crippen LogP contribution in [0.1, 0.15) is 27.9 Å². The molecule has 1 N–H and O–H groups in total. The van der Waals surface area contributed by atoms with Crippen molar-refractivity contribution < 1.29 is 9.84 Å². The number of hydrogen-bond acceptors (Lipinski definition) is 4. The number of aromatic hydroxyl groups is 1. The summed E-state index contributed by atoms with van der Waals surface area (Å²) in [5.74, 6) is 1.74. The number of phenols is 1. The van der Waals surface area contributed by atoms with Gasteiger partial charge in [0.1, 0.15) is 17.2 Å². The number of nitrogens with zero attached hydrogens (tertiary/aromatic N) is 2. The van der Waals surface area contributed by atoms with Crippen molar-refractivity contribution >= 4 is 22.7 Å². The number of benzene rings is 7. The van der Waals surface area contributed by atoms with E-state index in [1.54, 1.807) is 6.21 Å². The van der Waals surface area contributed by atoms with Gasteiger partial charge in [-0.15, -0.1) is 0 Å². The van der Waals surface area contributed by atoms with E-state index in [-0.39, 0.29) is 5.75 Å². The molecule has 0 saturated heterocycles. The molecule has 7 aromatic carbocycles. The molecule has 8 aromatic rings. The van der Waals surface area contributed by atoms with Crippen LogP contribution in [0.15, 0.2) is 175 Å². The molecule has 1 heterocycles. The van der Waals surface area contributed by atoms with Gasteiger partial charge in [0, 0.05) is 11.1 Å². The Kier molecular flexibility index (Phi) is 6.52. The second kappa shape index (κ2) is 11.4. The Bertz CT molecular complexity index is 2650. The van der Waals surface area contributed by atoms with Gasteiger partial charge in [-0.1, -0.05) is 127 Å². The predicted octanol–water partition coefficient (Wildman–Crippen LogP) is 11.5. The van der Waals surface area contributed by atoms with Crippen molar-refractivity contribution in [3.63, 3.8) is 0 Å². The number of aromatic nitrogens is 1. The van der Waals surface area contributed by atoms with Gasteiger partial charge in [0.25, 0.3) is 0 Å². The van der Waals surface area contributed by atoms with Crippen LogP contribution in [0.4, 0.5) is 5.69 Å². The fourth-order valence-corrected chi connectivity index (χ4v) is 8.28. The monoisotopic (exact) mass is 654 g/mol. The second-order valence-electron chi connectivity index (χ2n) is 13.0. The average Bonchev–Trinajstić information content (AvgIpc) is 3.66. The zero-order chi connectivity index (χ0) is 33.9. The first-order chi connectivity index (χ1) is 25.2. The third kappa shape index (κ3) is 4.33. The largest absolute Gasteiger partial charge is 0.507 e. The van der Waals surface area contributed by atoms with Crippen molar-refractivity contribution in [2.24, 2.45) is 4.99 Å². The molecule has 10 rings (SSSR count). The Morgan fingerprint density at radius 1 is 0.529 bits per heavy atom. The van der Waals surface area contributed by atoms with Crippen LogP contribution >= 0.6 is 0 Å². The normalized spacial score (nSPS) is 13.3. The number of pyridine rings is 1. The van der Waals surface area contributed by atoms with E-state index in [2.05, 4.69) is 91.0 Å². The molecule has 4 nitrogen and oxygen atoms in total. The number of phenolic OH excluding ortho intramolecular Hbond substituents is 1. The van der Waals surface area contributed by atoms with E-state index in [4.69, 9.17) is 14.7 Å². The highest BCUT2D eigenvalue weighted by atomic mass is 16.5. The molecule has 0 bridgehead atoms. The zero-order valence-corrected chi connectivity index (χ0v) is 27.5. The highest BCUT2D eigenvalue weighted by Gasteiger charge is 2.52. The van der Waals surface area contributed by atoms with Crippen LogP contribution in [0.2, 0.25) is 0 Å². The molecule has 0 fully saturated rings. The van der Waals surface area contributed by atoms with Crippen molar-refractivity contribution in [3.05, 3.63) is 198 Å². The Hall–Kier alpha value is -6.78. The van der Waals surface area contributed by atoms with Gasteiger partial charge in [0.15, 0.2) is 0 Å². The smallest absolute Gasteiger partial charge is 0.137 e. The van der Waals surface area contributed by atoms with E-state index in [0.29, 0.717) is 17.0 Å². The van der Waals surface area contributed by atoms with Crippen molar-refractivity contribution in [2.45, 2.75) is 5.41 Å². The summed E-state index contributed by atoms with van der Waals surface area (Å²) in [6, 6.07) is 57.7. The maximum absolute atomic E-state index is 12.2. The molecule has 2 aliphatic rings. The van der Waals surface area contributed by atoms with Gasteiger partial charge in [0.2, 0.25) is 0 Å². The molecule has 1 spiro atoms. The summed E-state index contributed by atoms with van der Waals surface area (Å²) in [7, 11) is 0. The van der Waals surface area contributed by atoms with Crippen LogP contribution in [0.3, 0.4) is 0 Å². The third-order valence-corrected chi connectivity index (χ3v) is 10.3. The minimum atomic E-state index is -0.515. The van der Waals surface area contributed by atoms with Crippen LogP contribution < -0.4 is 4.74 Å². The van der Waals surface area contributed by atoms with Crippen molar-refractivity contribution in [3.8, 4) is 50.8 Å². The third-order valence-electron chi connectivity index (χ3n) is 10.3. The van der Waals surface area contributed by atoms with Gasteiger partial charge in [-0.05, 0) is 86.8 Å². The van der Waals surface area contributed by atoms with Crippen molar-refractivity contribution in [1.82, 2.24) is 4.98 Å². The van der Waals surface area contributed by atoms with Gasteiger partial charge in [-0.3, -0.25) is 4.99 Å². The number of para-hydroxylation sites is 1. The standard InChI is InChI=1S/C47H30N2O2/c50-46-36(27-28-40-45(46)35-20-6-9-23-39(35)47(40)37-21-7-4-18-33(37)34-19-5-8-22-38(34)47)41-24-12-15-31(49-41)29-48-42-25-10-13-30-14-11-26-43(44(30)42)51-32-16-2-1-3-17-32/h1-29,50H. The molecule has 0 atom stereocenters. The maximum Gasteiger partial charge on any atom is 0.137 e. The molecular formula is C47H30N2O2. The van der Waals surface area contributed by atoms with E-state index in [1.807, 2.05) is 78.9 Å². The second-order valence-corrected chi connectivity index (χ2v) is 13.0. The van der Waals surface area contributed by atoms with Crippen LogP contribution in [-0.4, -0.2) is 16.3 Å². The number of hydrogen-bond donors (Lipinski definition) is 1. The molecule has 0 unspecified atom stereocenters. The summed E-state index contributed by atoms with van der Waals surface area (Å²) in [6.07, 6.45) is 1.78. The minimum absolute atomic E-state index is 0.233. The predicted molar refractivity (Wildman–Crippen MR) is 205 cm³/mol. The van der Waals surface area contributed by atoms with E-state index in [0.717, 1.165) is 44.6 Å². The molecule has 0 saturated carbocycles. The van der Waals surface area contributed by atoms with E-state index in [1.165, 1.54) is 27.8 Å². The fourth-order valence-electron chi connectivity index (χ4n) is 8.28. The number of ether oxygens (including phenoxy) is 1. The molecule has 4 heteroatoms. The summed E-state index contributed by atoms with van der Waals surface area (Å²) in [5.41, 5.74) is 11.4. The first kappa shape index (κ1) is 29.2. The van der Waals surface area contributed by atoms with Gasteiger partial charge in [0.05, 0.1) is 34.1 Å². The molecule has 0 aliphatic heterocycles. The van der Waals surface area contributed by atoms with Gasteiger partial charge in [-0.2, -0.15) is 0 Å². The number of rotatable bonds is 5. The number of aliphatic imine (C=N–C) groups is 1. The lowest BCUT2D eigenvalue weighted by molar-refractivity contribution is 0.478. The Labute approximate surface area is 295 Å². The van der Waals surface area contributed by atoms with E-state index >= 15 is 0 Å². The zero-order valence-electron chi connectivity index (χ0n) is 27.5. The molecule has 0 radical (unpaired) electrons. The van der Waals surface area contributed by atoms with Crippen LogP contribution in [0.25, 0.3) is 44.3 Å². The van der Waals surface area contributed by atoms with Gasteiger partial charge >= 0.3 is 0 Å². The molecule has 2 aliphatic carbocycles. The topological polar surface area (TPSA) is 54.7 Å². The van der Waals surface area contributed by atoms with Crippen molar-refractivity contribution in [2.75, 3.05) is 0 Å². The first-order valence-corrected chi connectivity index (χ1v) is 17.1. The lowest BCUT2D eigenvalue weighted by Gasteiger charge is -2.30. The van der Waals surface area contributed by atoms with E-state index < -0.39 is 5.41 Å². The van der Waals surface area contributed by atoms with E-state index in [9.17, 15) is 5.11 Å². The quantitative estimate of drug-likeness (QED) is 0.188. The van der Waals surface area contributed by atoms with Crippen molar-refractivity contribution in [1.29, 1.82) is 0 Å². The summed E-state index contributed by atoms with van der Waals surface area (Å²) < 4.78 is 6.29. The Balaban J connectivity index is 1.07. The highest BCUT2D eigenvalue weighted by Crippen LogP contribution is 2.64. The first-order valence-electron chi connectivity index (χ1n) is 17.1. The molecule has 0 amide bonds. The average molecular weight is 655 g/mol.